The number of H-pyrrole nitrogens is 1. The molecule has 0 aliphatic carbocycles. The molecule has 2 N–H and O–H groups in total. The summed E-state index contributed by atoms with van der Waals surface area (Å²) in [5.74, 6) is 0.284. The zero-order valence-corrected chi connectivity index (χ0v) is 15.9. The summed E-state index contributed by atoms with van der Waals surface area (Å²) in [7, 11) is 2.11. The van der Waals surface area contributed by atoms with Gasteiger partial charge in [-0.25, -0.2) is 4.98 Å². The van der Waals surface area contributed by atoms with E-state index in [-0.39, 0.29) is 5.56 Å². The van der Waals surface area contributed by atoms with Crippen LogP contribution in [0.1, 0.15) is 40.2 Å². The van der Waals surface area contributed by atoms with Crippen LogP contribution < -0.4 is 5.32 Å². The van der Waals surface area contributed by atoms with Crippen LogP contribution in [0.3, 0.4) is 0 Å². The van der Waals surface area contributed by atoms with E-state index in [4.69, 9.17) is 0 Å². The van der Waals surface area contributed by atoms with Crippen molar-refractivity contribution in [3.8, 4) is 0 Å². The van der Waals surface area contributed by atoms with Gasteiger partial charge in [0.15, 0.2) is 0 Å². The van der Waals surface area contributed by atoms with Gasteiger partial charge in [-0.05, 0) is 80.9 Å². The number of nitrogens with zero attached hydrogens (tertiary/aromatic N) is 2. The Bertz CT molecular complexity index is 1020. The van der Waals surface area contributed by atoms with Crippen molar-refractivity contribution in [3.05, 3.63) is 59.3 Å². The molecule has 8 heteroatoms. The number of carbonyl (C=O) groups is 1. The van der Waals surface area contributed by atoms with Crippen LogP contribution in [0.4, 0.5) is 19.0 Å². The number of halogens is 3. The van der Waals surface area contributed by atoms with Crippen molar-refractivity contribution in [2.24, 2.45) is 0 Å². The minimum atomic E-state index is -4.43. The predicted octanol–water partition coefficient (Wildman–Crippen LogP) is 4.64. The highest BCUT2D eigenvalue weighted by Crippen LogP contribution is 2.33. The lowest BCUT2D eigenvalue weighted by molar-refractivity contribution is -0.137. The van der Waals surface area contributed by atoms with Gasteiger partial charge in [0, 0.05) is 11.8 Å². The largest absolute Gasteiger partial charge is 0.416 e. The average Bonchev–Trinajstić information content (AvgIpc) is 3.11. The van der Waals surface area contributed by atoms with E-state index in [9.17, 15) is 18.0 Å². The first-order valence-corrected chi connectivity index (χ1v) is 9.46. The summed E-state index contributed by atoms with van der Waals surface area (Å²) in [6.07, 6.45) is -0.351. The topological polar surface area (TPSA) is 61.0 Å². The zero-order valence-electron chi connectivity index (χ0n) is 15.9. The van der Waals surface area contributed by atoms with Crippen molar-refractivity contribution in [1.82, 2.24) is 14.9 Å². The fourth-order valence-corrected chi connectivity index (χ4v) is 3.72. The number of amides is 1. The van der Waals surface area contributed by atoms with Crippen LogP contribution >= 0.6 is 0 Å². The molecule has 3 heterocycles. The van der Waals surface area contributed by atoms with Crippen LogP contribution in [-0.4, -0.2) is 40.9 Å². The summed E-state index contributed by atoms with van der Waals surface area (Å²) in [5, 5.41) is 2.68. The molecular weight excluding hydrogens is 381 g/mol. The maximum Gasteiger partial charge on any atom is 0.416 e. The van der Waals surface area contributed by atoms with Gasteiger partial charge < -0.3 is 15.2 Å². The minimum Gasteiger partial charge on any atom is -0.360 e. The number of aromatic amines is 1. The van der Waals surface area contributed by atoms with Gasteiger partial charge in [0.1, 0.15) is 5.82 Å². The molecule has 0 unspecified atom stereocenters. The quantitative estimate of drug-likeness (QED) is 0.671. The maximum atomic E-state index is 12.7. The third-order valence-corrected chi connectivity index (χ3v) is 5.43. The summed E-state index contributed by atoms with van der Waals surface area (Å²) in [6, 6.07) is 7.65. The van der Waals surface area contributed by atoms with Crippen LogP contribution in [0, 0.1) is 0 Å². The molecule has 29 heavy (non-hydrogen) atoms. The number of anilines is 1. The Kier molecular flexibility index (Phi) is 5.04. The lowest BCUT2D eigenvalue weighted by atomic mass is 9.91. The van der Waals surface area contributed by atoms with Crippen LogP contribution in [0.2, 0.25) is 0 Å². The molecule has 2 aromatic heterocycles. The van der Waals surface area contributed by atoms with Gasteiger partial charge in [0.25, 0.3) is 5.91 Å². The number of piperidine rings is 1. The molecule has 0 saturated carbocycles. The molecule has 152 valence electrons. The molecule has 0 spiro atoms. The Morgan fingerprint density at radius 2 is 1.83 bits per heavy atom. The Labute approximate surface area is 165 Å². The average molecular weight is 402 g/mol. The SMILES string of the molecule is CN1CCC(c2c[nH]c3ccc(NC(=O)c4ccc(C(F)(F)F)cc4)nc23)CC1. The molecule has 0 atom stereocenters. The van der Waals surface area contributed by atoms with E-state index in [2.05, 4.69) is 27.2 Å². The summed E-state index contributed by atoms with van der Waals surface area (Å²) >= 11 is 0. The molecule has 1 aromatic carbocycles. The Morgan fingerprint density at radius 3 is 2.48 bits per heavy atom. The first kappa shape index (κ1) is 19.4. The third kappa shape index (κ3) is 4.12. The molecule has 1 fully saturated rings. The van der Waals surface area contributed by atoms with E-state index in [0.717, 1.165) is 66.8 Å². The number of rotatable bonds is 3. The fourth-order valence-electron chi connectivity index (χ4n) is 3.72. The van der Waals surface area contributed by atoms with Crippen molar-refractivity contribution in [2.75, 3.05) is 25.5 Å². The van der Waals surface area contributed by atoms with Crippen LogP contribution in [0.25, 0.3) is 11.0 Å². The van der Waals surface area contributed by atoms with E-state index in [0.29, 0.717) is 11.7 Å². The van der Waals surface area contributed by atoms with Crippen molar-refractivity contribution in [3.63, 3.8) is 0 Å². The van der Waals surface area contributed by atoms with Crippen molar-refractivity contribution >= 4 is 22.8 Å². The number of alkyl halides is 3. The minimum absolute atomic E-state index is 0.143. The highest BCUT2D eigenvalue weighted by molar-refractivity contribution is 6.04. The number of hydrogen-bond donors (Lipinski definition) is 2. The fraction of sp³-hybridized carbons (Fsp3) is 0.333. The Morgan fingerprint density at radius 1 is 1.14 bits per heavy atom. The predicted molar refractivity (Wildman–Crippen MR) is 105 cm³/mol. The number of fused-ring (bicyclic) bond motifs is 1. The standard InChI is InChI=1S/C21H21F3N4O/c1-28-10-8-13(9-11-28)16-12-25-17-6-7-18(26-19(16)17)27-20(29)14-2-4-15(5-3-14)21(22,23)24/h2-7,12-13,25H,8-11H2,1H3,(H,26,27,29). The number of nitrogens with one attached hydrogen (secondary N) is 2. The second-order valence-electron chi connectivity index (χ2n) is 7.44. The van der Waals surface area contributed by atoms with Crippen LogP contribution in [-0.2, 0) is 6.18 Å². The summed E-state index contributed by atoms with van der Waals surface area (Å²) in [6.45, 7) is 2.06. The van der Waals surface area contributed by atoms with E-state index < -0.39 is 17.6 Å². The van der Waals surface area contributed by atoms with Crippen molar-refractivity contribution < 1.29 is 18.0 Å². The molecule has 0 radical (unpaired) electrons. The number of likely N-dealkylation sites (tertiary alicyclic amines) is 1. The summed E-state index contributed by atoms with van der Waals surface area (Å²) < 4.78 is 38.0. The van der Waals surface area contributed by atoms with Gasteiger partial charge >= 0.3 is 6.18 Å². The van der Waals surface area contributed by atoms with E-state index in [1.54, 1.807) is 6.07 Å². The first-order valence-electron chi connectivity index (χ1n) is 9.46. The molecule has 3 aromatic rings. The molecule has 1 aliphatic rings. The number of carbonyl (C=O) groups excluding carboxylic acids is 1. The lowest BCUT2D eigenvalue weighted by Crippen LogP contribution is -2.29. The van der Waals surface area contributed by atoms with Crippen molar-refractivity contribution in [2.45, 2.75) is 24.9 Å². The molecular formula is C21H21F3N4O. The van der Waals surface area contributed by atoms with Gasteiger partial charge in [0.05, 0.1) is 16.6 Å². The third-order valence-electron chi connectivity index (χ3n) is 5.43. The van der Waals surface area contributed by atoms with Gasteiger partial charge in [-0.3, -0.25) is 4.79 Å². The second-order valence-corrected chi connectivity index (χ2v) is 7.44. The highest BCUT2D eigenvalue weighted by atomic mass is 19.4. The number of aromatic nitrogens is 2. The van der Waals surface area contributed by atoms with Gasteiger partial charge in [-0.1, -0.05) is 0 Å². The monoisotopic (exact) mass is 402 g/mol. The first-order chi connectivity index (χ1) is 13.8. The van der Waals surface area contributed by atoms with Gasteiger partial charge in [-0.2, -0.15) is 13.2 Å². The van der Waals surface area contributed by atoms with E-state index >= 15 is 0 Å². The molecule has 5 nitrogen and oxygen atoms in total. The number of hydrogen-bond acceptors (Lipinski definition) is 3. The second kappa shape index (κ2) is 7.51. The normalized spacial score (nSPS) is 16.3. The maximum absolute atomic E-state index is 12.7. The number of benzene rings is 1. The Balaban J connectivity index is 1.53. The lowest BCUT2D eigenvalue weighted by Gasteiger charge is -2.28. The van der Waals surface area contributed by atoms with Crippen molar-refractivity contribution in [1.29, 1.82) is 0 Å². The smallest absolute Gasteiger partial charge is 0.360 e. The van der Waals surface area contributed by atoms with Gasteiger partial charge in [0.2, 0.25) is 0 Å². The van der Waals surface area contributed by atoms with E-state index in [1.165, 1.54) is 0 Å². The van der Waals surface area contributed by atoms with Crippen LogP contribution in [0.15, 0.2) is 42.6 Å². The molecule has 1 saturated heterocycles. The van der Waals surface area contributed by atoms with E-state index in [1.807, 2.05) is 12.3 Å². The van der Waals surface area contributed by atoms with Crippen LogP contribution in [0.5, 0.6) is 0 Å². The van der Waals surface area contributed by atoms with Gasteiger partial charge in [-0.15, -0.1) is 0 Å². The molecule has 0 bridgehead atoms. The molecule has 1 aliphatic heterocycles. The number of pyridine rings is 1. The summed E-state index contributed by atoms with van der Waals surface area (Å²) in [5.41, 5.74) is 2.21. The highest BCUT2D eigenvalue weighted by Gasteiger charge is 2.30. The Hall–Kier alpha value is -2.87. The summed E-state index contributed by atoms with van der Waals surface area (Å²) in [4.78, 5) is 22.6. The molecule has 4 rings (SSSR count). The zero-order chi connectivity index (χ0) is 20.6. The molecule has 1 amide bonds.